The van der Waals surface area contributed by atoms with Crippen LogP contribution >= 0.6 is 31.3 Å². The average molecular weight is 588 g/mol. The second-order valence-electron chi connectivity index (χ2n) is 7.12. The first-order chi connectivity index (χ1) is 15.9. The van der Waals surface area contributed by atoms with Gasteiger partial charge in [-0.05, 0) is 6.42 Å². The van der Waals surface area contributed by atoms with Gasteiger partial charge in [0.2, 0.25) is 0 Å². The molecular formula is C12H20N2O17P4. The predicted molar refractivity (Wildman–Crippen MR) is 109 cm³/mol. The van der Waals surface area contributed by atoms with E-state index >= 15 is 0 Å². The number of ether oxygens (including phenoxy) is 1. The summed E-state index contributed by atoms with van der Waals surface area (Å²) in [7, 11) is -21.7. The largest absolute Gasteiger partial charge is 0.490 e. The summed E-state index contributed by atoms with van der Waals surface area (Å²) in [4.78, 5) is 73.0. The molecule has 3 heterocycles. The molecule has 2 aliphatic rings. The SMILES string of the molecule is CCCc1cc(=O)n([C@@H]2O[C@H](COP(=O)(O)OP(=O)(O)OP(=O)(O)O)[C@H]3OP(=O)(O)O[C@H]32)c(=O)[nH]1. The third-order valence-electron chi connectivity index (χ3n) is 4.41. The molecule has 0 spiro atoms. The minimum Gasteiger partial charge on any atom is -0.346 e. The molecule has 3 unspecified atom stereocenters. The van der Waals surface area contributed by atoms with Crippen LogP contribution in [0.5, 0.6) is 0 Å². The Hall–Kier alpha value is -0.840. The van der Waals surface area contributed by atoms with Gasteiger partial charge in [-0.2, -0.15) is 8.62 Å². The van der Waals surface area contributed by atoms with Gasteiger partial charge in [0.25, 0.3) is 5.56 Å². The molecule has 0 bridgehead atoms. The average Bonchev–Trinajstić information content (AvgIpc) is 3.10. The number of aromatic nitrogens is 2. The fraction of sp³-hybridized carbons (Fsp3) is 0.667. The van der Waals surface area contributed by atoms with Crippen molar-refractivity contribution in [2.75, 3.05) is 6.61 Å². The van der Waals surface area contributed by atoms with Gasteiger partial charge in [-0.15, -0.1) is 0 Å². The van der Waals surface area contributed by atoms with E-state index in [-0.39, 0.29) is 0 Å². The lowest BCUT2D eigenvalue weighted by atomic mass is 10.1. The number of fused-ring (bicyclic) bond motifs is 1. The summed E-state index contributed by atoms with van der Waals surface area (Å²) in [5.74, 6) is 0. The molecule has 0 aromatic carbocycles. The Morgan fingerprint density at radius 2 is 1.71 bits per heavy atom. The minimum atomic E-state index is -5.80. The number of H-pyrrole nitrogens is 1. The minimum absolute atomic E-state index is 0.314. The molecular weight excluding hydrogens is 568 g/mol. The quantitative estimate of drug-likeness (QED) is 0.190. The third-order valence-corrected chi connectivity index (χ3v) is 9.23. The first kappa shape index (κ1) is 28.7. The molecule has 2 aliphatic heterocycles. The molecule has 7 atom stereocenters. The van der Waals surface area contributed by atoms with E-state index in [4.69, 9.17) is 23.6 Å². The summed E-state index contributed by atoms with van der Waals surface area (Å²) in [6.45, 7) is 0.727. The van der Waals surface area contributed by atoms with Crippen LogP contribution in [0.25, 0.3) is 0 Å². The second-order valence-corrected chi connectivity index (χ2v) is 12.9. The Kier molecular flexibility index (Phi) is 8.32. The van der Waals surface area contributed by atoms with Crippen LogP contribution in [0, 0.1) is 0 Å². The summed E-state index contributed by atoms with van der Waals surface area (Å²) < 4.78 is 73.3. The van der Waals surface area contributed by atoms with E-state index in [1.807, 2.05) is 0 Å². The monoisotopic (exact) mass is 588 g/mol. The number of hydrogen-bond donors (Lipinski definition) is 6. The number of rotatable bonds is 10. The molecule has 2 saturated heterocycles. The van der Waals surface area contributed by atoms with Gasteiger partial charge in [0.05, 0.1) is 6.61 Å². The standard InChI is InChI=1S/C12H20N2O17P4/c1-2-3-6-4-8(15)14(12(16)13-6)11-10-9(28-34(22,23)29-10)7(27-11)5-26-33(20,21)31-35(24,25)30-32(17,18)19/h4,7,9-11H,2-3,5H2,1H3,(H,13,16)(H,20,21)(H,22,23)(H,24,25)(H2,17,18,19)/t7-,9-,10-,11-/m1/s1. The molecule has 2 fully saturated rings. The Bertz CT molecular complexity index is 1240. The van der Waals surface area contributed by atoms with Gasteiger partial charge in [-0.1, -0.05) is 13.3 Å². The van der Waals surface area contributed by atoms with Crippen LogP contribution in [0.4, 0.5) is 0 Å². The predicted octanol–water partition coefficient (Wildman–Crippen LogP) is -0.386. The Balaban J connectivity index is 1.81. The number of aromatic amines is 1. The number of hydrogen-bond acceptors (Lipinski definition) is 12. The maximum Gasteiger partial charge on any atom is 0.490 e. The summed E-state index contributed by atoms with van der Waals surface area (Å²) in [6, 6.07) is 1.09. The van der Waals surface area contributed by atoms with Gasteiger partial charge in [-0.3, -0.25) is 18.4 Å². The Morgan fingerprint density at radius 3 is 2.29 bits per heavy atom. The number of phosphoric ester groups is 2. The molecule has 3 rings (SSSR count). The van der Waals surface area contributed by atoms with Crippen molar-refractivity contribution < 1.29 is 69.7 Å². The zero-order chi connectivity index (χ0) is 26.4. The van der Waals surface area contributed by atoms with Crippen LogP contribution in [0.3, 0.4) is 0 Å². The van der Waals surface area contributed by atoms with E-state index < -0.39 is 73.7 Å². The Morgan fingerprint density at radius 1 is 1.09 bits per heavy atom. The summed E-state index contributed by atoms with van der Waals surface area (Å²) in [5, 5.41) is 0. The number of nitrogens with one attached hydrogen (secondary N) is 1. The fourth-order valence-electron chi connectivity index (χ4n) is 3.29. The van der Waals surface area contributed by atoms with E-state index in [2.05, 4.69) is 18.1 Å². The first-order valence-electron chi connectivity index (χ1n) is 9.40. The third kappa shape index (κ3) is 7.36. The lowest BCUT2D eigenvalue weighted by Crippen LogP contribution is -2.42. The zero-order valence-electron chi connectivity index (χ0n) is 17.4. The molecule has 200 valence electrons. The van der Waals surface area contributed by atoms with E-state index in [0.29, 0.717) is 23.1 Å². The van der Waals surface area contributed by atoms with Crippen molar-refractivity contribution in [3.05, 3.63) is 32.6 Å². The smallest absolute Gasteiger partial charge is 0.346 e. The van der Waals surface area contributed by atoms with Crippen molar-refractivity contribution in [1.29, 1.82) is 0 Å². The molecule has 1 aromatic rings. The van der Waals surface area contributed by atoms with Gasteiger partial charge in [-0.25, -0.2) is 27.6 Å². The van der Waals surface area contributed by atoms with E-state index in [0.717, 1.165) is 6.07 Å². The van der Waals surface area contributed by atoms with Gasteiger partial charge in [0, 0.05) is 11.8 Å². The molecule has 0 amide bonds. The van der Waals surface area contributed by atoms with E-state index in [1.165, 1.54) is 0 Å². The molecule has 0 radical (unpaired) electrons. The van der Waals surface area contributed by atoms with Gasteiger partial charge in [0.15, 0.2) is 6.23 Å². The lowest BCUT2D eigenvalue weighted by molar-refractivity contribution is -0.0628. The maximum atomic E-state index is 12.5. The molecule has 0 aliphatic carbocycles. The molecule has 19 nitrogen and oxygen atoms in total. The zero-order valence-corrected chi connectivity index (χ0v) is 21.0. The molecule has 0 saturated carbocycles. The van der Waals surface area contributed by atoms with E-state index in [1.54, 1.807) is 6.92 Å². The van der Waals surface area contributed by atoms with E-state index in [9.17, 15) is 42.5 Å². The van der Waals surface area contributed by atoms with Gasteiger partial charge < -0.3 is 34.2 Å². The normalized spacial score (nSPS) is 32.2. The number of phosphoric acid groups is 4. The number of aryl methyl sites for hydroxylation is 1. The van der Waals surface area contributed by atoms with Crippen molar-refractivity contribution >= 4 is 31.3 Å². The molecule has 1 aromatic heterocycles. The van der Waals surface area contributed by atoms with Gasteiger partial charge >= 0.3 is 37.0 Å². The van der Waals surface area contributed by atoms with Crippen molar-refractivity contribution in [2.45, 2.75) is 44.3 Å². The second kappa shape index (κ2) is 10.1. The molecule has 23 heteroatoms. The summed E-state index contributed by atoms with van der Waals surface area (Å²) >= 11 is 0. The van der Waals surface area contributed by atoms with Crippen molar-refractivity contribution in [2.24, 2.45) is 0 Å². The lowest BCUT2D eigenvalue weighted by Gasteiger charge is -2.20. The van der Waals surface area contributed by atoms with Crippen LogP contribution in [-0.4, -0.2) is 58.9 Å². The Labute approximate surface area is 194 Å². The fourth-order valence-corrected chi connectivity index (χ4v) is 7.46. The van der Waals surface area contributed by atoms with Crippen molar-refractivity contribution in [3.8, 4) is 0 Å². The number of nitrogens with zero attached hydrogens (tertiary/aromatic N) is 1. The highest BCUT2D eigenvalue weighted by Gasteiger charge is 2.59. The first-order valence-corrected chi connectivity index (χ1v) is 15.4. The highest BCUT2D eigenvalue weighted by molar-refractivity contribution is 7.66. The van der Waals surface area contributed by atoms with Crippen molar-refractivity contribution in [1.82, 2.24) is 9.55 Å². The van der Waals surface area contributed by atoms with Crippen LogP contribution in [0.1, 0.15) is 25.3 Å². The van der Waals surface area contributed by atoms with Gasteiger partial charge in [0.1, 0.15) is 18.3 Å². The molecule has 35 heavy (non-hydrogen) atoms. The van der Waals surface area contributed by atoms with Crippen LogP contribution < -0.4 is 11.2 Å². The highest BCUT2D eigenvalue weighted by atomic mass is 31.3. The highest BCUT2D eigenvalue weighted by Crippen LogP contribution is 2.66. The van der Waals surface area contributed by atoms with Crippen LogP contribution in [0.15, 0.2) is 15.7 Å². The van der Waals surface area contributed by atoms with Crippen LogP contribution in [-0.2, 0) is 51.6 Å². The maximum absolute atomic E-state index is 12.5. The van der Waals surface area contributed by atoms with Crippen LogP contribution in [0.2, 0.25) is 0 Å². The summed E-state index contributed by atoms with van der Waals surface area (Å²) in [6.07, 6.45) is -5.35. The molecule has 6 N–H and O–H groups in total. The summed E-state index contributed by atoms with van der Waals surface area (Å²) in [5.41, 5.74) is -1.51. The van der Waals surface area contributed by atoms with Crippen molar-refractivity contribution in [3.63, 3.8) is 0 Å². The topological polar surface area (TPSA) is 280 Å².